The van der Waals surface area contributed by atoms with E-state index in [2.05, 4.69) is 55.6 Å². The minimum absolute atomic E-state index is 0.338. The first-order valence-electron chi connectivity index (χ1n) is 11.6. The lowest BCUT2D eigenvalue weighted by atomic mass is 9.91. The van der Waals surface area contributed by atoms with E-state index in [-0.39, 0.29) is 0 Å². The number of amidine groups is 1. The zero-order valence-corrected chi connectivity index (χ0v) is 20.4. The van der Waals surface area contributed by atoms with Crippen LogP contribution in [0.15, 0.2) is 72.1 Å². The number of allylic oxidation sites excluding steroid dienone is 2. The molecular formula is C28H35FN4. The van der Waals surface area contributed by atoms with Crippen LogP contribution in [0.2, 0.25) is 0 Å². The van der Waals surface area contributed by atoms with Crippen molar-refractivity contribution in [2.45, 2.75) is 59.7 Å². The topological polar surface area (TPSA) is 49.3 Å². The number of nitrogens with one attached hydrogen (secondary N) is 2. The highest BCUT2D eigenvalue weighted by molar-refractivity contribution is 6.05. The first kappa shape index (κ1) is 24.4. The van der Waals surface area contributed by atoms with Crippen LogP contribution in [0.25, 0.3) is 5.70 Å². The number of aliphatic imine (C=N–C) groups is 1. The maximum absolute atomic E-state index is 15.2. The number of alkyl halides is 1. The standard InChI is InChI=1S/C28H35FN4/c1-8-9-21-11-13-25(31-16-21)26-14-19(4)32-27(33-26)23-15-22(17-30-20(5)18(2)3)10-12-24(23)28(6,7)29/h10-16,18,30H,4-5,8-9,17H2,1-3,6-7H3,(H,32,33). The van der Waals surface area contributed by atoms with Crippen LogP contribution in [0.4, 0.5) is 4.39 Å². The fourth-order valence-corrected chi connectivity index (χ4v) is 3.64. The van der Waals surface area contributed by atoms with Gasteiger partial charge in [-0.25, -0.2) is 9.38 Å². The quantitative estimate of drug-likeness (QED) is 0.468. The van der Waals surface area contributed by atoms with E-state index in [0.29, 0.717) is 40.8 Å². The lowest BCUT2D eigenvalue weighted by Gasteiger charge is -2.24. The van der Waals surface area contributed by atoms with Gasteiger partial charge in [-0.05, 0) is 61.1 Å². The van der Waals surface area contributed by atoms with Gasteiger partial charge in [-0.15, -0.1) is 0 Å². The number of benzene rings is 1. The van der Waals surface area contributed by atoms with Crippen LogP contribution >= 0.6 is 0 Å². The zero-order chi connectivity index (χ0) is 24.2. The van der Waals surface area contributed by atoms with Crippen molar-refractivity contribution < 1.29 is 4.39 Å². The summed E-state index contributed by atoms with van der Waals surface area (Å²) >= 11 is 0. The number of aryl methyl sites for hydroxylation is 1. The minimum atomic E-state index is -1.53. The first-order chi connectivity index (χ1) is 15.6. The van der Waals surface area contributed by atoms with Crippen molar-refractivity contribution in [3.8, 4) is 0 Å². The molecule has 1 aromatic heterocycles. The maximum Gasteiger partial charge on any atom is 0.138 e. The molecule has 4 nitrogen and oxygen atoms in total. The molecule has 0 amide bonds. The lowest BCUT2D eigenvalue weighted by molar-refractivity contribution is 0.221. The predicted molar refractivity (Wildman–Crippen MR) is 136 cm³/mol. The van der Waals surface area contributed by atoms with Crippen molar-refractivity contribution in [2.75, 3.05) is 0 Å². The maximum atomic E-state index is 15.2. The average Bonchev–Trinajstić information content (AvgIpc) is 2.76. The van der Waals surface area contributed by atoms with Gasteiger partial charge in [0.05, 0.1) is 11.4 Å². The Balaban J connectivity index is 1.99. The van der Waals surface area contributed by atoms with Crippen molar-refractivity contribution in [3.05, 3.63) is 95.1 Å². The summed E-state index contributed by atoms with van der Waals surface area (Å²) < 4.78 is 15.2. The van der Waals surface area contributed by atoms with Crippen molar-refractivity contribution in [1.29, 1.82) is 0 Å². The third kappa shape index (κ3) is 6.19. The second-order valence-electron chi connectivity index (χ2n) is 9.33. The van der Waals surface area contributed by atoms with Gasteiger partial charge in [-0.3, -0.25) is 4.98 Å². The number of rotatable bonds is 9. The summed E-state index contributed by atoms with van der Waals surface area (Å²) in [6, 6.07) is 9.83. The van der Waals surface area contributed by atoms with Gasteiger partial charge >= 0.3 is 0 Å². The van der Waals surface area contributed by atoms with Gasteiger partial charge in [0.1, 0.15) is 11.5 Å². The monoisotopic (exact) mass is 446 g/mol. The summed E-state index contributed by atoms with van der Waals surface area (Å²) in [5, 5.41) is 6.59. The summed E-state index contributed by atoms with van der Waals surface area (Å²) in [6.45, 7) is 18.2. The molecule has 2 N–H and O–H groups in total. The van der Waals surface area contributed by atoms with E-state index in [1.54, 1.807) is 13.8 Å². The molecule has 0 unspecified atom stereocenters. The van der Waals surface area contributed by atoms with Gasteiger partial charge in [0.25, 0.3) is 0 Å². The van der Waals surface area contributed by atoms with Gasteiger partial charge in [-0.2, -0.15) is 0 Å². The normalized spacial score (nSPS) is 14.0. The third-order valence-electron chi connectivity index (χ3n) is 5.64. The van der Waals surface area contributed by atoms with Crippen molar-refractivity contribution >= 4 is 11.5 Å². The van der Waals surface area contributed by atoms with Crippen molar-refractivity contribution in [3.63, 3.8) is 0 Å². The van der Waals surface area contributed by atoms with Gasteiger partial charge in [0.15, 0.2) is 0 Å². The minimum Gasteiger partial charge on any atom is -0.385 e. The SMILES string of the molecule is C=C1C=C(c2ccc(CCC)cn2)N=C(c2cc(CNC(=C)C(C)C)ccc2C(C)(C)F)N1. The van der Waals surface area contributed by atoms with Gasteiger partial charge < -0.3 is 10.6 Å². The highest BCUT2D eigenvalue weighted by Crippen LogP contribution is 2.31. The van der Waals surface area contributed by atoms with E-state index in [0.717, 1.165) is 29.8 Å². The van der Waals surface area contributed by atoms with E-state index in [1.807, 2.05) is 36.5 Å². The smallest absolute Gasteiger partial charge is 0.138 e. The molecule has 0 aliphatic carbocycles. The van der Waals surface area contributed by atoms with E-state index in [1.165, 1.54) is 5.56 Å². The molecule has 1 aliphatic rings. The third-order valence-corrected chi connectivity index (χ3v) is 5.64. The van der Waals surface area contributed by atoms with Crippen LogP contribution in [0.1, 0.15) is 69.0 Å². The Morgan fingerprint density at radius 3 is 2.52 bits per heavy atom. The van der Waals surface area contributed by atoms with Gasteiger partial charge in [-0.1, -0.05) is 58.5 Å². The molecule has 0 saturated carbocycles. The van der Waals surface area contributed by atoms with Crippen molar-refractivity contribution in [1.82, 2.24) is 15.6 Å². The molecule has 0 bridgehead atoms. The molecule has 0 radical (unpaired) electrons. The molecule has 1 aliphatic heterocycles. The molecule has 0 fully saturated rings. The predicted octanol–water partition coefficient (Wildman–Crippen LogP) is 6.40. The number of aromatic nitrogens is 1. The Hall–Kier alpha value is -3.21. The zero-order valence-electron chi connectivity index (χ0n) is 20.4. The molecule has 0 saturated heterocycles. The van der Waals surface area contributed by atoms with E-state index < -0.39 is 5.67 Å². The largest absolute Gasteiger partial charge is 0.385 e. The van der Waals surface area contributed by atoms with Gasteiger partial charge in [0, 0.05) is 29.7 Å². The molecule has 5 heteroatoms. The molecule has 0 atom stereocenters. The number of hydrogen-bond acceptors (Lipinski definition) is 4. The second kappa shape index (κ2) is 10.2. The number of nitrogens with zero attached hydrogens (tertiary/aromatic N) is 2. The molecule has 3 rings (SSSR count). The molecule has 33 heavy (non-hydrogen) atoms. The van der Waals surface area contributed by atoms with Crippen LogP contribution in [-0.2, 0) is 18.6 Å². The molecule has 174 valence electrons. The van der Waals surface area contributed by atoms with Crippen molar-refractivity contribution in [2.24, 2.45) is 10.9 Å². The lowest BCUT2D eigenvalue weighted by Crippen LogP contribution is -2.29. The first-order valence-corrected chi connectivity index (χ1v) is 11.6. The summed E-state index contributed by atoms with van der Waals surface area (Å²) in [7, 11) is 0. The van der Waals surface area contributed by atoms with E-state index >= 15 is 4.39 Å². The number of halogens is 1. The van der Waals surface area contributed by atoms with E-state index in [4.69, 9.17) is 4.99 Å². The van der Waals surface area contributed by atoms with Crippen LogP contribution in [0, 0.1) is 5.92 Å². The number of pyridine rings is 1. The Morgan fingerprint density at radius 2 is 1.91 bits per heavy atom. The molecule has 2 aromatic rings. The molecule has 0 spiro atoms. The summed E-state index contributed by atoms with van der Waals surface area (Å²) in [5.74, 6) is 0.910. The number of hydrogen-bond donors (Lipinski definition) is 2. The average molecular weight is 447 g/mol. The van der Waals surface area contributed by atoms with Gasteiger partial charge in [0.2, 0.25) is 0 Å². The highest BCUT2D eigenvalue weighted by atomic mass is 19.1. The molecule has 2 heterocycles. The summed E-state index contributed by atoms with van der Waals surface area (Å²) in [6.07, 6.45) is 5.83. The van der Waals surface area contributed by atoms with E-state index in [9.17, 15) is 0 Å². The Labute approximate surface area is 197 Å². The Morgan fingerprint density at radius 1 is 1.18 bits per heavy atom. The fraction of sp³-hybridized carbons (Fsp3) is 0.357. The summed E-state index contributed by atoms with van der Waals surface area (Å²) in [4.78, 5) is 9.43. The Kier molecular flexibility index (Phi) is 7.52. The van der Waals surface area contributed by atoms with Crippen LogP contribution in [0.5, 0.6) is 0 Å². The van der Waals surface area contributed by atoms with Crippen LogP contribution in [0.3, 0.4) is 0 Å². The molecular weight excluding hydrogens is 411 g/mol. The second-order valence-corrected chi connectivity index (χ2v) is 9.33. The van der Waals surface area contributed by atoms with Crippen LogP contribution < -0.4 is 10.6 Å². The summed E-state index contributed by atoms with van der Waals surface area (Å²) in [5.41, 5.74) is 5.10. The molecule has 1 aromatic carbocycles. The van der Waals surface area contributed by atoms with Crippen LogP contribution in [-0.4, -0.2) is 10.8 Å². The highest BCUT2D eigenvalue weighted by Gasteiger charge is 2.26. The fourth-order valence-electron chi connectivity index (χ4n) is 3.64. The Bertz CT molecular complexity index is 1090.